The first-order valence-corrected chi connectivity index (χ1v) is 5.77. The van der Waals surface area contributed by atoms with E-state index in [1.54, 1.807) is 12.2 Å². The molecule has 0 N–H and O–H groups in total. The molecule has 0 saturated heterocycles. The van der Waals surface area contributed by atoms with Gasteiger partial charge in [-0.25, -0.2) is 0 Å². The first-order chi connectivity index (χ1) is 6.68. The molecule has 0 atom stereocenters. The molecule has 0 amide bonds. The highest BCUT2D eigenvalue weighted by molar-refractivity contribution is 7.54. The van der Waals surface area contributed by atoms with Crippen molar-refractivity contribution in [3.8, 4) is 24.7 Å². The Labute approximate surface area is 85.0 Å². The Hall–Kier alpha value is -0.990. The van der Waals surface area contributed by atoms with Crippen LogP contribution in [0.5, 0.6) is 0 Å². The van der Waals surface area contributed by atoms with Crippen molar-refractivity contribution in [2.75, 3.05) is 19.4 Å². The summed E-state index contributed by atoms with van der Waals surface area (Å²) in [7, 11) is -3.14. The standard InChI is InChI=1S/C10H13O3P/c1-4-7-10-14(11,12-8-5-2)13-9-6-3/h2-4,7H,8-10H2,1H3/b7-4+. The van der Waals surface area contributed by atoms with Crippen LogP contribution in [0.2, 0.25) is 0 Å². The van der Waals surface area contributed by atoms with Gasteiger partial charge in [-0.05, 0) is 6.92 Å². The predicted molar refractivity (Wildman–Crippen MR) is 56.9 cm³/mol. The van der Waals surface area contributed by atoms with Crippen LogP contribution in [0.4, 0.5) is 0 Å². The summed E-state index contributed by atoms with van der Waals surface area (Å²) in [6, 6.07) is 0. The Balaban J connectivity index is 4.28. The predicted octanol–water partition coefficient (Wildman–Crippen LogP) is 2.06. The minimum Gasteiger partial charge on any atom is -0.295 e. The average Bonchev–Trinajstić information content (AvgIpc) is 2.21. The Morgan fingerprint density at radius 2 is 1.79 bits per heavy atom. The van der Waals surface area contributed by atoms with E-state index in [0.29, 0.717) is 0 Å². The van der Waals surface area contributed by atoms with Gasteiger partial charge in [0, 0.05) is 0 Å². The van der Waals surface area contributed by atoms with Crippen LogP contribution in [0.15, 0.2) is 12.2 Å². The molecule has 0 aromatic rings. The van der Waals surface area contributed by atoms with Gasteiger partial charge in [0.2, 0.25) is 0 Å². The monoisotopic (exact) mass is 212 g/mol. The van der Waals surface area contributed by atoms with Crippen LogP contribution >= 0.6 is 7.60 Å². The molecule has 76 valence electrons. The van der Waals surface area contributed by atoms with Crippen LogP contribution in [-0.2, 0) is 13.6 Å². The highest BCUT2D eigenvalue weighted by Crippen LogP contribution is 2.47. The second-order valence-electron chi connectivity index (χ2n) is 2.32. The maximum atomic E-state index is 11.8. The van der Waals surface area contributed by atoms with E-state index in [9.17, 15) is 4.57 Å². The van der Waals surface area contributed by atoms with E-state index < -0.39 is 7.60 Å². The minimum absolute atomic E-state index is 0.0423. The molecule has 0 aromatic carbocycles. The normalized spacial score (nSPS) is 11.1. The molecule has 0 saturated carbocycles. The molecule has 0 bridgehead atoms. The molecule has 0 spiro atoms. The van der Waals surface area contributed by atoms with E-state index in [1.165, 1.54) is 0 Å². The summed E-state index contributed by atoms with van der Waals surface area (Å²) in [4.78, 5) is 0. The Bertz CT molecular complexity index is 284. The highest BCUT2D eigenvalue weighted by Gasteiger charge is 2.21. The van der Waals surface area contributed by atoms with Crippen LogP contribution in [-0.4, -0.2) is 19.4 Å². The van der Waals surface area contributed by atoms with Crippen molar-refractivity contribution >= 4 is 7.60 Å². The molecule has 0 heterocycles. The number of rotatable bonds is 6. The number of hydrogen-bond donors (Lipinski definition) is 0. The third kappa shape index (κ3) is 5.62. The molecule has 0 aliphatic carbocycles. The van der Waals surface area contributed by atoms with Gasteiger partial charge >= 0.3 is 7.60 Å². The van der Waals surface area contributed by atoms with E-state index in [1.807, 2.05) is 6.92 Å². The fourth-order valence-corrected chi connectivity index (χ4v) is 1.95. The molecule has 3 nitrogen and oxygen atoms in total. The van der Waals surface area contributed by atoms with Crippen molar-refractivity contribution in [1.29, 1.82) is 0 Å². The van der Waals surface area contributed by atoms with Gasteiger partial charge in [-0.2, -0.15) is 0 Å². The number of terminal acetylenes is 2. The van der Waals surface area contributed by atoms with Crippen molar-refractivity contribution in [2.45, 2.75) is 6.92 Å². The Morgan fingerprint density at radius 3 is 2.14 bits per heavy atom. The fourth-order valence-electron chi connectivity index (χ4n) is 0.648. The lowest BCUT2D eigenvalue weighted by Gasteiger charge is -2.13. The summed E-state index contributed by atoms with van der Waals surface area (Å²) < 4.78 is 21.7. The maximum absolute atomic E-state index is 11.8. The fraction of sp³-hybridized carbons (Fsp3) is 0.400. The number of hydrogen-bond acceptors (Lipinski definition) is 3. The molecule has 0 fully saturated rings. The lowest BCUT2D eigenvalue weighted by molar-refractivity contribution is 0.245. The van der Waals surface area contributed by atoms with Crippen molar-refractivity contribution in [3.63, 3.8) is 0 Å². The molecule has 0 aliphatic heterocycles. The van der Waals surface area contributed by atoms with Gasteiger partial charge < -0.3 is 0 Å². The quantitative estimate of drug-likeness (QED) is 0.384. The molecule has 4 heteroatoms. The van der Waals surface area contributed by atoms with Crippen LogP contribution in [0.1, 0.15) is 6.92 Å². The Morgan fingerprint density at radius 1 is 1.29 bits per heavy atom. The summed E-state index contributed by atoms with van der Waals surface area (Å²) in [6.07, 6.45) is 13.6. The van der Waals surface area contributed by atoms with Crippen molar-refractivity contribution < 1.29 is 13.6 Å². The van der Waals surface area contributed by atoms with E-state index in [0.717, 1.165) is 0 Å². The maximum Gasteiger partial charge on any atom is 0.336 e. The topological polar surface area (TPSA) is 35.5 Å². The molecule has 14 heavy (non-hydrogen) atoms. The average molecular weight is 212 g/mol. The van der Waals surface area contributed by atoms with Crippen LogP contribution in [0.3, 0.4) is 0 Å². The van der Waals surface area contributed by atoms with Crippen LogP contribution in [0, 0.1) is 24.7 Å². The van der Waals surface area contributed by atoms with Crippen LogP contribution in [0.25, 0.3) is 0 Å². The van der Waals surface area contributed by atoms with Crippen molar-refractivity contribution in [1.82, 2.24) is 0 Å². The molecular weight excluding hydrogens is 199 g/mol. The van der Waals surface area contributed by atoms with Gasteiger partial charge in [0.05, 0.1) is 6.16 Å². The van der Waals surface area contributed by atoms with E-state index in [4.69, 9.17) is 21.9 Å². The number of allylic oxidation sites excluding steroid dienone is 2. The van der Waals surface area contributed by atoms with Crippen molar-refractivity contribution in [3.05, 3.63) is 12.2 Å². The van der Waals surface area contributed by atoms with Gasteiger partial charge in [-0.1, -0.05) is 24.0 Å². The van der Waals surface area contributed by atoms with E-state index >= 15 is 0 Å². The third-order valence-corrected chi connectivity index (χ3v) is 2.96. The minimum atomic E-state index is -3.14. The zero-order valence-corrected chi connectivity index (χ0v) is 9.00. The van der Waals surface area contributed by atoms with Gasteiger partial charge in [0.1, 0.15) is 13.2 Å². The van der Waals surface area contributed by atoms with Crippen molar-refractivity contribution in [2.24, 2.45) is 0 Å². The van der Waals surface area contributed by atoms with Gasteiger partial charge in [-0.15, -0.1) is 12.8 Å². The van der Waals surface area contributed by atoms with Crippen LogP contribution < -0.4 is 0 Å². The second-order valence-corrected chi connectivity index (χ2v) is 4.42. The third-order valence-electron chi connectivity index (χ3n) is 1.25. The summed E-state index contributed by atoms with van der Waals surface area (Å²) in [5.41, 5.74) is 0. The molecule has 0 aliphatic rings. The SMILES string of the molecule is C#CCOP(=O)(C/C=C/C)OCC#C. The molecule has 0 radical (unpaired) electrons. The van der Waals surface area contributed by atoms with Gasteiger partial charge in [0.15, 0.2) is 0 Å². The summed E-state index contributed by atoms with van der Waals surface area (Å²) in [6.45, 7) is 1.73. The largest absolute Gasteiger partial charge is 0.336 e. The van der Waals surface area contributed by atoms with Gasteiger partial charge in [-0.3, -0.25) is 13.6 Å². The molecular formula is C10H13O3P. The lowest BCUT2D eigenvalue weighted by atomic mass is 10.6. The Kier molecular flexibility index (Phi) is 6.89. The lowest BCUT2D eigenvalue weighted by Crippen LogP contribution is -1.99. The van der Waals surface area contributed by atoms with E-state index in [-0.39, 0.29) is 19.4 Å². The first-order valence-electron chi connectivity index (χ1n) is 4.04. The molecule has 0 aromatic heterocycles. The summed E-state index contributed by atoms with van der Waals surface area (Å²) in [5, 5.41) is 0. The first kappa shape index (κ1) is 13.0. The molecule has 0 unspecified atom stereocenters. The van der Waals surface area contributed by atoms with E-state index in [2.05, 4.69) is 11.8 Å². The van der Waals surface area contributed by atoms with Gasteiger partial charge in [0.25, 0.3) is 0 Å². The second kappa shape index (κ2) is 7.42. The smallest absolute Gasteiger partial charge is 0.295 e. The molecule has 0 rings (SSSR count). The zero-order valence-electron chi connectivity index (χ0n) is 8.10. The highest BCUT2D eigenvalue weighted by atomic mass is 31.2. The zero-order chi connectivity index (χ0) is 10.9. The summed E-state index contributed by atoms with van der Waals surface area (Å²) in [5.74, 6) is 4.45. The summed E-state index contributed by atoms with van der Waals surface area (Å²) >= 11 is 0.